The van der Waals surface area contributed by atoms with Gasteiger partial charge in [0.15, 0.2) is 0 Å². The van der Waals surface area contributed by atoms with Gasteiger partial charge in [0.2, 0.25) is 9.84 Å². The fraction of sp³-hybridized carbons (Fsp3) is 0.167. The number of hydrogen-bond acceptors (Lipinski definition) is 4. The van der Waals surface area contributed by atoms with Gasteiger partial charge in [-0.3, -0.25) is 0 Å². The van der Waals surface area contributed by atoms with E-state index in [2.05, 4.69) is 13.5 Å². The highest BCUT2D eigenvalue weighted by atomic mass is 32.2. The molecule has 5 heteroatoms. The molecular weight excluding hydrogens is 312 g/mol. The van der Waals surface area contributed by atoms with Crippen LogP contribution in [-0.4, -0.2) is 14.4 Å². The summed E-state index contributed by atoms with van der Waals surface area (Å²) < 4.78 is 30.1. The average molecular weight is 330 g/mol. The van der Waals surface area contributed by atoms with Crippen molar-refractivity contribution in [2.45, 2.75) is 29.6 Å². The van der Waals surface area contributed by atoms with Gasteiger partial charge in [-0.05, 0) is 48.4 Å². The summed E-state index contributed by atoms with van der Waals surface area (Å²) in [5, 5.41) is 0. The molecule has 0 fully saturated rings. The fourth-order valence-corrected chi connectivity index (χ4v) is 3.37. The summed E-state index contributed by atoms with van der Waals surface area (Å²) in [7, 11) is -3.58. The molecule has 0 N–H and O–H groups in total. The lowest BCUT2D eigenvalue weighted by atomic mass is 10.1. The molecule has 0 radical (unpaired) electrons. The molecule has 0 heterocycles. The van der Waals surface area contributed by atoms with Crippen molar-refractivity contribution >= 4 is 15.8 Å². The zero-order valence-electron chi connectivity index (χ0n) is 12.9. The van der Waals surface area contributed by atoms with Gasteiger partial charge in [-0.25, -0.2) is 13.2 Å². The maximum atomic E-state index is 12.6. The Kier molecular flexibility index (Phi) is 5.34. The molecule has 0 bridgehead atoms. The van der Waals surface area contributed by atoms with Crippen molar-refractivity contribution in [3.63, 3.8) is 0 Å². The molecule has 0 atom stereocenters. The van der Waals surface area contributed by atoms with E-state index in [0.29, 0.717) is 0 Å². The van der Waals surface area contributed by atoms with Gasteiger partial charge in [0.05, 0.1) is 9.79 Å². The smallest absolute Gasteiger partial charge is 0.335 e. The van der Waals surface area contributed by atoms with E-state index < -0.39 is 15.8 Å². The summed E-state index contributed by atoms with van der Waals surface area (Å²) in [5.41, 5.74) is 1.11. The number of ether oxygens (including phenoxy) is 1. The Morgan fingerprint density at radius 1 is 1.04 bits per heavy atom. The Hall–Kier alpha value is -2.40. The van der Waals surface area contributed by atoms with E-state index in [-0.39, 0.29) is 15.5 Å². The van der Waals surface area contributed by atoms with Crippen LogP contribution >= 0.6 is 0 Å². The van der Waals surface area contributed by atoms with E-state index in [9.17, 15) is 13.2 Å². The van der Waals surface area contributed by atoms with Crippen LogP contribution in [0.2, 0.25) is 0 Å². The number of carbonyl (C=O) groups excluding carboxylic acids is 1. The number of sulfone groups is 1. The second-order valence-electron chi connectivity index (χ2n) is 4.99. The number of esters is 1. The van der Waals surface area contributed by atoms with E-state index in [1.807, 2.05) is 12.1 Å². The third-order valence-corrected chi connectivity index (χ3v) is 5.08. The van der Waals surface area contributed by atoms with Gasteiger partial charge < -0.3 is 4.74 Å². The maximum Gasteiger partial charge on any atom is 0.335 e. The van der Waals surface area contributed by atoms with Crippen molar-refractivity contribution in [1.82, 2.24) is 0 Å². The first kappa shape index (κ1) is 17.0. The number of benzene rings is 2. The number of aryl methyl sites for hydroxylation is 1. The normalized spacial score (nSPS) is 11.0. The molecule has 0 saturated heterocycles. The second-order valence-corrected chi connectivity index (χ2v) is 6.94. The van der Waals surface area contributed by atoms with E-state index in [1.54, 1.807) is 12.1 Å². The Labute approximate surface area is 136 Å². The summed E-state index contributed by atoms with van der Waals surface area (Å²) in [5.74, 6) is -0.320. The number of rotatable bonds is 6. The van der Waals surface area contributed by atoms with Gasteiger partial charge in [0.1, 0.15) is 5.75 Å². The highest BCUT2D eigenvalue weighted by molar-refractivity contribution is 7.91. The first-order valence-corrected chi connectivity index (χ1v) is 8.74. The van der Waals surface area contributed by atoms with Crippen LogP contribution in [0.1, 0.15) is 18.9 Å². The summed E-state index contributed by atoms with van der Waals surface area (Å²) >= 11 is 0. The van der Waals surface area contributed by atoms with Crippen LogP contribution < -0.4 is 4.74 Å². The molecule has 120 valence electrons. The number of carbonyl (C=O) groups is 1. The summed E-state index contributed by atoms with van der Waals surface area (Å²) in [4.78, 5) is 11.5. The molecule has 0 aliphatic heterocycles. The van der Waals surface area contributed by atoms with Crippen LogP contribution in [0.15, 0.2) is 71.0 Å². The Morgan fingerprint density at radius 2 is 1.57 bits per heavy atom. The van der Waals surface area contributed by atoms with Gasteiger partial charge >= 0.3 is 5.97 Å². The maximum absolute atomic E-state index is 12.6. The fourth-order valence-electron chi connectivity index (χ4n) is 2.10. The Balaban J connectivity index is 2.25. The topological polar surface area (TPSA) is 60.4 Å². The van der Waals surface area contributed by atoms with Gasteiger partial charge in [-0.1, -0.05) is 32.1 Å². The van der Waals surface area contributed by atoms with Crippen molar-refractivity contribution in [2.24, 2.45) is 0 Å². The third kappa shape index (κ3) is 4.07. The third-order valence-electron chi connectivity index (χ3n) is 3.29. The quantitative estimate of drug-likeness (QED) is 0.461. The number of hydrogen-bond donors (Lipinski definition) is 0. The highest BCUT2D eigenvalue weighted by Crippen LogP contribution is 2.23. The first-order valence-electron chi connectivity index (χ1n) is 7.25. The van der Waals surface area contributed by atoms with Gasteiger partial charge in [0.25, 0.3) is 0 Å². The van der Waals surface area contributed by atoms with E-state index in [1.165, 1.54) is 24.3 Å². The van der Waals surface area contributed by atoms with Gasteiger partial charge in [-0.2, -0.15) is 0 Å². The monoisotopic (exact) mass is 330 g/mol. The van der Waals surface area contributed by atoms with Crippen LogP contribution in [-0.2, 0) is 21.1 Å². The molecule has 0 aromatic heterocycles. The molecule has 0 unspecified atom stereocenters. The summed E-state index contributed by atoms with van der Waals surface area (Å²) in [6.45, 7) is 5.38. The predicted octanol–water partition coefficient (Wildman–Crippen LogP) is 3.56. The molecule has 0 aliphatic rings. The van der Waals surface area contributed by atoms with E-state index >= 15 is 0 Å². The molecule has 4 nitrogen and oxygen atoms in total. The minimum Gasteiger partial charge on any atom is -0.423 e. The van der Waals surface area contributed by atoms with Gasteiger partial charge in [-0.15, -0.1) is 0 Å². The largest absolute Gasteiger partial charge is 0.423 e. The Bertz CT molecular complexity index is 788. The van der Waals surface area contributed by atoms with Crippen molar-refractivity contribution < 1.29 is 17.9 Å². The predicted molar refractivity (Wildman–Crippen MR) is 88.2 cm³/mol. The van der Waals surface area contributed by atoms with Crippen LogP contribution in [0.25, 0.3) is 0 Å². The van der Waals surface area contributed by atoms with Crippen molar-refractivity contribution in [3.8, 4) is 5.75 Å². The minimum atomic E-state index is -3.58. The highest BCUT2D eigenvalue weighted by Gasteiger charge is 2.17. The first-order chi connectivity index (χ1) is 11.0. The molecule has 0 spiro atoms. The standard InChI is InChI=1S/C18H18O4S/c1-3-5-14-6-10-16(11-7-14)23(20,21)17-12-8-15(9-13-17)22-18(19)4-2/h4,6-13H,2-3,5H2,1H3. The molecule has 23 heavy (non-hydrogen) atoms. The Morgan fingerprint density at radius 3 is 2.04 bits per heavy atom. The average Bonchev–Trinajstić information content (AvgIpc) is 2.56. The van der Waals surface area contributed by atoms with Crippen molar-refractivity contribution in [2.75, 3.05) is 0 Å². The lowest BCUT2D eigenvalue weighted by Crippen LogP contribution is -2.04. The van der Waals surface area contributed by atoms with Crippen molar-refractivity contribution in [1.29, 1.82) is 0 Å². The zero-order chi connectivity index (χ0) is 16.9. The van der Waals surface area contributed by atoms with Crippen LogP contribution in [0.4, 0.5) is 0 Å². The molecule has 0 saturated carbocycles. The molecule has 2 aromatic carbocycles. The molecule has 0 aliphatic carbocycles. The van der Waals surface area contributed by atoms with Crippen LogP contribution in [0.3, 0.4) is 0 Å². The van der Waals surface area contributed by atoms with Crippen LogP contribution in [0, 0.1) is 0 Å². The van der Waals surface area contributed by atoms with E-state index in [4.69, 9.17) is 4.74 Å². The molecule has 2 aromatic rings. The summed E-state index contributed by atoms with van der Waals surface area (Å²) in [6.07, 6.45) is 2.98. The van der Waals surface area contributed by atoms with E-state index in [0.717, 1.165) is 24.5 Å². The summed E-state index contributed by atoms with van der Waals surface area (Å²) in [6, 6.07) is 12.6. The molecular formula is C18H18O4S. The zero-order valence-corrected chi connectivity index (χ0v) is 13.7. The second kappa shape index (κ2) is 7.24. The van der Waals surface area contributed by atoms with Crippen LogP contribution in [0.5, 0.6) is 5.75 Å². The lowest BCUT2D eigenvalue weighted by Gasteiger charge is -2.07. The van der Waals surface area contributed by atoms with Gasteiger partial charge in [0, 0.05) is 6.08 Å². The molecule has 2 rings (SSSR count). The minimum absolute atomic E-state index is 0.152. The lowest BCUT2D eigenvalue weighted by molar-refractivity contribution is -0.128. The SMILES string of the molecule is C=CC(=O)Oc1ccc(S(=O)(=O)c2ccc(CCC)cc2)cc1. The molecule has 0 amide bonds. The van der Waals surface area contributed by atoms with Crippen molar-refractivity contribution in [3.05, 3.63) is 66.7 Å².